The maximum atomic E-state index is 12.7. The third-order valence-electron chi connectivity index (χ3n) is 4.71. The first-order chi connectivity index (χ1) is 15.9. The Bertz CT molecular complexity index is 1420. The second kappa shape index (κ2) is 9.49. The number of aromatic nitrogens is 2. The van der Waals surface area contributed by atoms with E-state index < -0.39 is 10.0 Å². The van der Waals surface area contributed by atoms with Gasteiger partial charge in [0.05, 0.1) is 29.2 Å². The first-order valence-corrected chi connectivity index (χ1v) is 11.4. The number of hydrogen-bond acceptors (Lipinski definition) is 7. The van der Waals surface area contributed by atoms with Crippen molar-refractivity contribution in [3.8, 4) is 5.75 Å². The van der Waals surface area contributed by atoms with Crippen LogP contribution in [-0.4, -0.2) is 31.3 Å². The van der Waals surface area contributed by atoms with Crippen LogP contribution >= 0.6 is 0 Å². The number of ketones is 1. The number of fused-ring (bicyclic) bond motifs is 1. The predicted molar refractivity (Wildman–Crippen MR) is 127 cm³/mol. The van der Waals surface area contributed by atoms with E-state index in [4.69, 9.17) is 4.74 Å². The van der Waals surface area contributed by atoms with Crippen molar-refractivity contribution in [2.24, 2.45) is 0 Å². The fourth-order valence-electron chi connectivity index (χ4n) is 3.00. The average molecular weight is 461 g/mol. The Balaban J connectivity index is 1.40. The molecule has 9 heteroatoms. The molecule has 4 rings (SSSR count). The zero-order valence-corrected chi connectivity index (χ0v) is 18.4. The molecule has 4 aromatic rings. The Kier molecular flexibility index (Phi) is 6.32. The molecule has 0 atom stereocenters. The molecule has 2 N–H and O–H groups in total. The largest absolute Gasteiger partial charge is 0.497 e. The van der Waals surface area contributed by atoms with Gasteiger partial charge in [-0.1, -0.05) is 12.1 Å². The van der Waals surface area contributed by atoms with Crippen LogP contribution in [0.3, 0.4) is 0 Å². The van der Waals surface area contributed by atoms with Crippen molar-refractivity contribution in [3.05, 3.63) is 96.8 Å². The van der Waals surface area contributed by atoms with E-state index in [1.54, 1.807) is 61.7 Å². The number of sulfonamides is 1. The normalized spacial score (nSPS) is 11.4. The first-order valence-electron chi connectivity index (χ1n) is 9.91. The summed E-state index contributed by atoms with van der Waals surface area (Å²) in [5.41, 5.74) is 2.42. The van der Waals surface area contributed by atoms with Gasteiger partial charge in [0.2, 0.25) is 0 Å². The standard InChI is InChI=1S/C24H20N4O4S/c1-32-19-10-6-17(7-11-19)23(29)14-15-25-18-8-12-20(13-9-18)33(30,31)28-24-16-26-21-4-2-3-5-22(21)27-24/h2-16,25H,1H3,(H,27,28)/b15-14-. The van der Waals surface area contributed by atoms with Crippen LogP contribution in [0.15, 0.2) is 96.2 Å². The number of nitrogens with one attached hydrogen (secondary N) is 2. The van der Waals surface area contributed by atoms with E-state index in [0.717, 1.165) is 0 Å². The molecular formula is C24H20N4O4S. The number of methoxy groups -OCH3 is 1. The second-order valence-corrected chi connectivity index (χ2v) is 8.63. The second-order valence-electron chi connectivity index (χ2n) is 6.94. The maximum Gasteiger partial charge on any atom is 0.263 e. The maximum absolute atomic E-state index is 12.7. The van der Waals surface area contributed by atoms with Crippen molar-refractivity contribution in [2.45, 2.75) is 4.90 Å². The lowest BCUT2D eigenvalue weighted by Gasteiger charge is -2.08. The van der Waals surface area contributed by atoms with Crippen molar-refractivity contribution >= 4 is 38.3 Å². The molecule has 0 aliphatic heterocycles. The Hall–Kier alpha value is -4.24. The smallest absolute Gasteiger partial charge is 0.263 e. The fourth-order valence-corrected chi connectivity index (χ4v) is 3.98. The minimum absolute atomic E-state index is 0.0706. The fraction of sp³-hybridized carbons (Fsp3) is 0.0417. The van der Waals surface area contributed by atoms with Crippen molar-refractivity contribution in [2.75, 3.05) is 17.1 Å². The third-order valence-corrected chi connectivity index (χ3v) is 6.08. The summed E-state index contributed by atoms with van der Waals surface area (Å²) < 4.78 is 32.9. The number of nitrogens with zero attached hydrogens (tertiary/aromatic N) is 2. The lowest BCUT2D eigenvalue weighted by Crippen LogP contribution is -2.14. The zero-order chi connectivity index (χ0) is 23.3. The van der Waals surface area contributed by atoms with Crippen LogP contribution in [0.2, 0.25) is 0 Å². The number of allylic oxidation sites excluding steroid dienone is 1. The van der Waals surface area contributed by atoms with Crippen LogP contribution in [-0.2, 0) is 10.0 Å². The molecule has 0 aliphatic carbocycles. The molecule has 1 aromatic heterocycles. The van der Waals surface area contributed by atoms with Crippen molar-refractivity contribution in [3.63, 3.8) is 0 Å². The van der Waals surface area contributed by atoms with Crippen LogP contribution in [0, 0.1) is 0 Å². The van der Waals surface area contributed by atoms with Gasteiger partial charge in [-0.3, -0.25) is 14.5 Å². The van der Waals surface area contributed by atoms with Crippen LogP contribution in [0.5, 0.6) is 5.75 Å². The van der Waals surface area contributed by atoms with E-state index in [2.05, 4.69) is 20.0 Å². The Labute approximate surface area is 191 Å². The van der Waals surface area contributed by atoms with E-state index in [-0.39, 0.29) is 16.5 Å². The molecule has 0 amide bonds. The van der Waals surface area contributed by atoms with Gasteiger partial charge in [0.1, 0.15) is 5.75 Å². The molecule has 0 saturated carbocycles. The summed E-state index contributed by atoms with van der Waals surface area (Å²) in [7, 11) is -2.28. The highest BCUT2D eigenvalue weighted by atomic mass is 32.2. The van der Waals surface area contributed by atoms with Gasteiger partial charge in [0.15, 0.2) is 11.6 Å². The van der Waals surface area contributed by atoms with Crippen molar-refractivity contribution in [1.29, 1.82) is 0 Å². The summed E-state index contributed by atoms with van der Waals surface area (Å²) in [4.78, 5) is 20.8. The summed E-state index contributed by atoms with van der Waals surface area (Å²) >= 11 is 0. The number of para-hydroxylation sites is 2. The van der Waals surface area contributed by atoms with Crippen molar-refractivity contribution in [1.82, 2.24) is 9.97 Å². The summed E-state index contributed by atoms with van der Waals surface area (Å²) in [6.07, 6.45) is 4.27. The van der Waals surface area contributed by atoms with Crippen LogP contribution in [0.1, 0.15) is 10.4 Å². The van der Waals surface area contributed by atoms with E-state index in [1.165, 1.54) is 30.6 Å². The van der Waals surface area contributed by atoms with E-state index >= 15 is 0 Å². The molecule has 8 nitrogen and oxygen atoms in total. The lowest BCUT2D eigenvalue weighted by molar-refractivity contribution is 0.104. The van der Waals surface area contributed by atoms with E-state index in [1.807, 2.05) is 6.07 Å². The molecule has 0 radical (unpaired) electrons. The van der Waals surface area contributed by atoms with E-state index in [9.17, 15) is 13.2 Å². The first kappa shape index (κ1) is 22.0. The number of rotatable bonds is 8. The third kappa shape index (κ3) is 5.34. The zero-order valence-electron chi connectivity index (χ0n) is 17.6. The molecule has 166 valence electrons. The molecule has 1 heterocycles. The summed E-state index contributed by atoms with van der Waals surface area (Å²) in [6.45, 7) is 0. The van der Waals surface area contributed by atoms with Crippen LogP contribution < -0.4 is 14.8 Å². The molecule has 0 saturated heterocycles. The molecular weight excluding hydrogens is 440 g/mol. The molecule has 3 aromatic carbocycles. The van der Waals surface area contributed by atoms with Gasteiger partial charge in [-0.25, -0.2) is 13.4 Å². The van der Waals surface area contributed by atoms with Gasteiger partial charge < -0.3 is 10.1 Å². The van der Waals surface area contributed by atoms with Gasteiger partial charge in [-0.2, -0.15) is 0 Å². The highest BCUT2D eigenvalue weighted by Crippen LogP contribution is 2.19. The van der Waals surface area contributed by atoms with Crippen LogP contribution in [0.25, 0.3) is 11.0 Å². The van der Waals surface area contributed by atoms with Gasteiger partial charge in [-0.15, -0.1) is 0 Å². The summed E-state index contributed by atoms with van der Waals surface area (Å²) in [5.74, 6) is 0.631. The molecule has 0 bridgehead atoms. The Morgan fingerprint density at radius 2 is 1.64 bits per heavy atom. The Morgan fingerprint density at radius 3 is 2.33 bits per heavy atom. The van der Waals surface area contributed by atoms with E-state index in [0.29, 0.717) is 28.0 Å². The Morgan fingerprint density at radius 1 is 0.939 bits per heavy atom. The summed E-state index contributed by atoms with van der Waals surface area (Å²) in [6, 6.07) is 20.1. The lowest BCUT2D eigenvalue weighted by atomic mass is 10.1. The minimum atomic E-state index is -3.84. The summed E-state index contributed by atoms with van der Waals surface area (Å²) in [5, 5.41) is 2.95. The number of benzene rings is 3. The predicted octanol–water partition coefficient (Wildman–Crippen LogP) is 4.25. The van der Waals surface area contributed by atoms with Gasteiger partial charge in [0, 0.05) is 23.5 Å². The van der Waals surface area contributed by atoms with Gasteiger partial charge >= 0.3 is 0 Å². The highest BCUT2D eigenvalue weighted by molar-refractivity contribution is 7.92. The minimum Gasteiger partial charge on any atom is -0.497 e. The quantitative estimate of drug-likeness (QED) is 0.299. The van der Waals surface area contributed by atoms with Crippen molar-refractivity contribution < 1.29 is 17.9 Å². The molecule has 0 fully saturated rings. The molecule has 33 heavy (non-hydrogen) atoms. The number of hydrogen-bond donors (Lipinski definition) is 2. The van der Waals surface area contributed by atoms with Crippen LogP contribution in [0.4, 0.5) is 11.5 Å². The molecule has 0 unspecified atom stereocenters. The number of anilines is 2. The monoisotopic (exact) mass is 460 g/mol. The average Bonchev–Trinajstić information content (AvgIpc) is 2.84. The SMILES string of the molecule is COc1ccc(C(=O)/C=C\Nc2ccc(S(=O)(=O)Nc3cnc4ccccc4n3)cc2)cc1. The molecule has 0 spiro atoms. The highest BCUT2D eigenvalue weighted by Gasteiger charge is 2.15. The topological polar surface area (TPSA) is 110 Å². The number of carbonyl (C=O) groups is 1. The number of carbonyl (C=O) groups excluding carboxylic acids is 1. The molecule has 0 aliphatic rings. The van der Waals surface area contributed by atoms with Gasteiger partial charge in [-0.05, 0) is 60.7 Å². The number of ether oxygens (including phenoxy) is 1. The van der Waals surface area contributed by atoms with Gasteiger partial charge in [0.25, 0.3) is 10.0 Å².